The molecule has 30 heavy (non-hydrogen) atoms. The molecule has 2 aromatic carbocycles. The lowest BCUT2D eigenvalue weighted by molar-refractivity contribution is 0.587. The zero-order valence-electron chi connectivity index (χ0n) is 16.5. The molecular weight excluding hydrogens is 398 g/mol. The van der Waals surface area contributed by atoms with Crippen LogP contribution in [0.3, 0.4) is 0 Å². The van der Waals surface area contributed by atoms with Crippen LogP contribution in [0.1, 0.15) is 15.3 Å². The van der Waals surface area contributed by atoms with E-state index in [0.717, 1.165) is 22.1 Å². The zero-order chi connectivity index (χ0) is 20.9. The van der Waals surface area contributed by atoms with Crippen molar-refractivity contribution in [2.24, 2.45) is 0 Å². The van der Waals surface area contributed by atoms with Crippen molar-refractivity contribution >= 4 is 32.0 Å². The van der Waals surface area contributed by atoms with Crippen molar-refractivity contribution in [2.45, 2.75) is 24.0 Å². The fourth-order valence-corrected chi connectivity index (χ4v) is 4.48. The van der Waals surface area contributed by atoms with Crippen molar-refractivity contribution in [1.82, 2.24) is 15.0 Å². The van der Waals surface area contributed by atoms with Crippen molar-refractivity contribution in [3.8, 4) is 22.6 Å². The van der Waals surface area contributed by atoms with Crippen molar-refractivity contribution in [2.75, 3.05) is 0 Å². The Labute approximate surface area is 175 Å². The van der Waals surface area contributed by atoms with Crippen molar-refractivity contribution in [1.29, 1.82) is 0 Å². The van der Waals surface area contributed by atoms with Crippen LogP contribution in [0, 0.1) is 0 Å². The lowest BCUT2D eigenvalue weighted by atomic mass is 10.1. The van der Waals surface area contributed by atoms with Gasteiger partial charge in [-0.2, -0.15) is 0 Å². The van der Waals surface area contributed by atoms with Gasteiger partial charge < -0.3 is 9.40 Å². The van der Waals surface area contributed by atoms with Crippen LogP contribution in [0.2, 0.25) is 0 Å². The summed E-state index contributed by atoms with van der Waals surface area (Å²) < 4.78 is 30.7. The Balaban J connectivity index is 0.00000231. The molecule has 152 valence electrons. The number of nitrogens with one attached hydrogen (secondary N) is 1. The van der Waals surface area contributed by atoms with E-state index in [9.17, 15) is 8.42 Å². The number of nitrogens with zero attached hydrogens (tertiary/aromatic N) is 2. The molecule has 0 saturated carbocycles. The maximum absolute atomic E-state index is 12.4. The second-order valence-corrected chi connectivity index (χ2v) is 9.93. The first kappa shape index (κ1) is 18.6. The molecule has 1 N–H and O–H groups in total. The molecule has 3 aromatic heterocycles. The Hall–Kier alpha value is -3.45. The second kappa shape index (κ2) is 6.81. The summed E-state index contributed by atoms with van der Waals surface area (Å²) in [6, 6.07) is 16.6. The summed E-state index contributed by atoms with van der Waals surface area (Å²) in [6.07, 6.45) is 3.51. The van der Waals surface area contributed by atoms with Crippen molar-refractivity contribution < 1.29 is 14.3 Å². The molecule has 0 fully saturated rings. The van der Waals surface area contributed by atoms with Crippen molar-refractivity contribution in [3.63, 3.8) is 0 Å². The topological polar surface area (TPSA) is 88.9 Å². The van der Waals surface area contributed by atoms with Gasteiger partial charge >= 0.3 is 0 Å². The fraction of sp³-hybridized carbons (Fsp3) is 0.130. The van der Waals surface area contributed by atoms with Gasteiger partial charge in [0.15, 0.2) is 15.5 Å². The summed E-state index contributed by atoms with van der Waals surface area (Å²) >= 11 is 0. The van der Waals surface area contributed by atoms with E-state index in [0.29, 0.717) is 27.5 Å². The van der Waals surface area contributed by atoms with E-state index in [2.05, 4.69) is 9.97 Å². The molecule has 0 atom stereocenters. The largest absolute Gasteiger partial charge is 0.456 e. The number of sulfone groups is 1. The number of aromatic nitrogens is 3. The summed E-state index contributed by atoms with van der Waals surface area (Å²) in [7, 11) is -3.31. The van der Waals surface area contributed by atoms with Crippen molar-refractivity contribution in [3.05, 3.63) is 67.0 Å². The molecule has 5 rings (SSSR count). The van der Waals surface area contributed by atoms with E-state index in [-0.39, 0.29) is 1.43 Å². The summed E-state index contributed by atoms with van der Waals surface area (Å²) in [4.78, 5) is 12.7. The number of para-hydroxylation sites is 1. The number of hydrogen-bond acceptors (Lipinski definition) is 5. The predicted octanol–water partition coefficient (Wildman–Crippen LogP) is 5.47. The molecule has 0 aliphatic rings. The molecule has 7 heteroatoms. The number of hydrogen-bond donors (Lipinski definition) is 1. The van der Waals surface area contributed by atoms with E-state index in [1.807, 2.05) is 36.5 Å². The van der Waals surface area contributed by atoms with Gasteiger partial charge in [-0.25, -0.2) is 18.4 Å². The standard InChI is InChI=1S/C23H19N3O3S.H2/c1-14(2)30(27,28)17-9-7-15(8-10-17)19-13-25-23-22(26-19)18(12-24-23)21-11-16-5-3-4-6-20(16)29-21;/h3-14H,1-2H3,(H,24,25);1H. The lowest BCUT2D eigenvalue weighted by Gasteiger charge is -2.08. The van der Waals surface area contributed by atoms with Gasteiger partial charge in [0.2, 0.25) is 0 Å². The Bertz CT molecular complexity index is 1450. The minimum Gasteiger partial charge on any atom is -0.456 e. The second-order valence-electron chi connectivity index (χ2n) is 7.42. The van der Waals surface area contributed by atoms with Crippen LogP contribution >= 0.6 is 0 Å². The average molecular weight is 420 g/mol. The molecule has 0 radical (unpaired) electrons. The van der Waals surface area contributed by atoms with Gasteiger partial charge in [-0.1, -0.05) is 30.3 Å². The monoisotopic (exact) mass is 419 g/mol. The molecule has 0 aliphatic carbocycles. The maximum Gasteiger partial charge on any atom is 0.180 e. The van der Waals surface area contributed by atoms with Gasteiger partial charge in [-0.3, -0.25) is 0 Å². The Morgan fingerprint density at radius 3 is 2.57 bits per heavy atom. The molecule has 0 spiro atoms. The van der Waals surface area contributed by atoms with E-state index in [1.54, 1.807) is 44.3 Å². The first-order valence-corrected chi connectivity index (χ1v) is 11.2. The number of benzene rings is 2. The molecule has 0 aliphatic heterocycles. The Morgan fingerprint density at radius 1 is 1.07 bits per heavy atom. The third kappa shape index (κ3) is 2.98. The van der Waals surface area contributed by atoms with Crippen LogP contribution in [0.4, 0.5) is 0 Å². The lowest BCUT2D eigenvalue weighted by Crippen LogP contribution is -2.13. The van der Waals surface area contributed by atoms with E-state index >= 15 is 0 Å². The average Bonchev–Trinajstić information content (AvgIpc) is 3.37. The van der Waals surface area contributed by atoms with Crippen LogP contribution in [0.5, 0.6) is 0 Å². The third-order valence-corrected chi connectivity index (χ3v) is 7.34. The highest BCUT2D eigenvalue weighted by atomic mass is 32.2. The highest BCUT2D eigenvalue weighted by Gasteiger charge is 2.19. The fourth-order valence-electron chi connectivity index (χ4n) is 3.42. The molecule has 0 saturated heterocycles. The van der Waals surface area contributed by atoms with Crippen LogP contribution in [0.25, 0.3) is 44.7 Å². The van der Waals surface area contributed by atoms with E-state index < -0.39 is 15.1 Å². The maximum atomic E-state index is 12.4. The van der Waals surface area contributed by atoms with Crippen LogP contribution < -0.4 is 0 Å². The molecular formula is C23H21N3O3S. The predicted molar refractivity (Wildman–Crippen MR) is 119 cm³/mol. The Kier molecular flexibility index (Phi) is 4.22. The molecule has 0 bridgehead atoms. The molecule has 0 unspecified atom stereocenters. The molecule has 0 amide bonds. The normalized spacial score (nSPS) is 12.2. The third-order valence-electron chi connectivity index (χ3n) is 5.17. The number of rotatable bonds is 4. The zero-order valence-corrected chi connectivity index (χ0v) is 17.3. The van der Waals surface area contributed by atoms with Gasteiger partial charge in [0.1, 0.15) is 16.9 Å². The van der Waals surface area contributed by atoms with Crippen LogP contribution in [-0.2, 0) is 9.84 Å². The van der Waals surface area contributed by atoms with Gasteiger partial charge in [-0.15, -0.1) is 0 Å². The molecule has 3 heterocycles. The highest BCUT2D eigenvalue weighted by Crippen LogP contribution is 2.32. The number of furan rings is 1. The van der Waals surface area contributed by atoms with Gasteiger partial charge in [0.05, 0.1) is 27.6 Å². The number of H-pyrrole nitrogens is 1. The smallest absolute Gasteiger partial charge is 0.180 e. The minimum atomic E-state index is -3.31. The summed E-state index contributed by atoms with van der Waals surface area (Å²) in [5, 5.41) is 0.554. The summed E-state index contributed by atoms with van der Waals surface area (Å²) in [5.41, 5.74) is 4.46. The van der Waals surface area contributed by atoms with Gasteiger partial charge in [0, 0.05) is 18.6 Å². The SMILES string of the molecule is CC(C)S(=O)(=O)c1ccc(-c2cnc3[nH]cc(-c4cc5ccccc5o4)c3n2)cc1.[HH]. The Morgan fingerprint density at radius 2 is 1.83 bits per heavy atom. The van der Waals surface area contributed by atoms with Crippen LogP contribution in [-0.4, -0.2) is 28.6 Å². The number of fused-ring (bicyclic) bond motifs is 2. The van der Waals surface area contributed by atoms with Gasteiger partial charge in [0.25, 0.3) is 0 Å². The summed E-state index contributed by atoms with van der Waals surface area (Å²) in [5.74, 6) is 0.715. The van der Waals surface area contributed by atoms with Gasteiger partial charge in [-0.05, 0) is 38.1 Å². The summed E-state index contributed by atoms with van der Waals surface area (Å²) in [6.45, 7) is 3.35. The minimum absolute atomic E-state index is 0. The first-order chi connectivity index (χ1) is 14.4. The van der Waals surface area contributed by atoms with E-state index in [4.69, 9.17) is 9.40 Å². The molecule has 5 aromatic rings. The highest BCUT2D eigenvalue weighted by molar-refractivity contribution is 7.92. The molecule has 6 nitrogen and oxygen atoms in total. The number of aromatic amines is 1. The first-order valence-electron chi connectivity index (χ1n) is 9.61. The van der Waals surface area contributed by atoms with Crippen LogP contribution in [0.15, 0.2) is 76.3 Å². The quantitative estimate of drug-likeness (QED) is 0.417. The van der Waals surface area contributed by atoms with E-state index in [1.165, 1.54) is 0 Å².